The van der Waals surface area contributed by atoms with Gasteiger partial charge >= 0.3 is 5.69 Å². The number of H-pyrrole nitrogens is 2. The number of nitriles is 1. The van der Waals surface area contributed by atoms with E-state index >= 15 is 0 Å². The second-order valence-corrected chi connectivity index (χ2v) is 3.22. The molecule has 2 aromatic rings. The van der Waals surface area contributed by atoms with Crippen LogP contribution in [0.5, 0.6) is 0 Å². The van der Waals surface area contributed by atoms with Gasteiger partial charge in [0.05, 0.1) is 17.1 Å². The van der Waals surface area contributed by atoms with Gasteiger partial charge in [-0.3, -0.25) is 4.79 Å². The molecule has 1 aromatic carbocycles. The Morgan fingerprint density at radius 2 is 2.12 bits per heavy atom. The molecule has 80 valence electrons. The number of benzene rings is 1. The van der Waals surface area contributed by atoms with E-state index in [1.165, 1.54) is 0 Å². The lowest BCUT2D eigenvalue weighted by Crippen LogP contribution is -2.09. The standard InChI is InChI=1S/C10H8N4O2/c11-4-3-9(15)12-6-1-2-7-8(5-6)14-10(16)13-7/h1-2,5H,3H2,(H,12,15)(H2,13,14,16). The number of imidazole rings is 1. The van der Waals surface area contributed by atoms with Crippen molar-refractivity contribution < 1.29 is 4.79 Å². The van der Waals surface area contributed by atoms with Gasteiger partial charge in [-0.2, -0.15) is 5.26 Å². The Bertz CT molecular complexity index is 632. The first kappa shape index (κ1) is 9.98. The Balaban J connectivity index is 2.29. The Labute approximate surface area is 89.9 Å². The fourth-order valence-corrected chi connectivity index (χ4v) is 1.39. The lowest BCUT2D eigenvalue weighted by Gasteiger charge is -2.01. The third-order valence-electron chi connectivity index (χ3n) is 2.04. The topological polar surface area (TPSA) is 102 Å². The van der Waals surface area contributed by atoms with E-state index in [4.69, 9.17) is 5.26 Å². The summed E-state index contributed by atoms with van der Waals surface area (Å²) in [5.74, 6) is -0.375. The second kappa shape index (κ2) is 3.90. The van der Waals surface area contributed by atoms with Gasteiger partial charge in [-0.25, -0.2) is 4.79 Å². The fourth-order valence-electron chi connectivity index (χ4n) is 1.39. The van der Waals surface area contributed by atoms with Gasteiger partial charge in [-0.15, -0.1) is 0 Å². The maximum absolute atomic E-state index is 11.1. The van der Waals surface area contributed by atoms with Crippen LogP contribution in [0.4, 0.5) is 5.69 Å². The number of anilines is 1. The molecule has 0 aliphatic heterocycles. The van der Waals surface area contributed by atoms with Gasteiger partial charge in [0.1, 0.15) is 6.42 Å². The second-order valence-electron chi connectivity index (χ2n) is 3.22. The molecule has 0 aliphatic carbocycles. The highest BCUT2D eigenvalue weighted by atomic mass is 16.1. The minimum atomic E-state index is -0.375. The third-order valence-corrected chi connectivity index (χ3v) is 2.04. The molecule has 0 saturated carbocycles. The van der Waals surface area contributed by atoms with Gasteiger partial charge in [-0.1, -0.05) is 0 Å². The van der Waals surface area contributed by atoms with Gasteiger partial charge < -0.3 is 15.3 Å². The normalized spacial score (nSPS) is 9.94. The largest absolute Gasteiger partial charge is 0.325 e. The van der Waals surface area contributed by atoms with Crippen LogP contribution in [0, 0.1) is 11.3 Å². The van der Waals surface area contributed by atoms with Crippen molar-refractivity contribution >= 4 is 22.6 Å². The van der Waals surface area contributed by atoms with Crippen molar-refractivity contribution in [3.63, 3.8) is 0 Å². The first-order valence-electron chi connectivity index (χ1n) is 4.58. The predicted octanol–water partition coefficient (Wildman–Crippen LogP) is 0.708. The van der Waals surface area contributed by atoms with Crippen LogP contribution in [0.25, 0.3) is 11.0 Å². The summed E-state index contributed by atoms with van der Waals surface area (Å²) in [5, 5.41) is 10.9. The van der Waals surface area contributed by atoms with Crippen molar-refractivity contribution in [3.8, 4) is 6.07 Å². The van der Waals surface area contributed by atoms with Crippen LogP contribution in [0.3, 0.4) is 0 Å². The molecule has 6 nitrogen and oxygen atoms in total. The lowest BCUT2D eigenvalue weighted by molar-refractivity contribution is -0.115. The van der Waals surface area contributed by atoms with E-state index in [9.17, 15) is 9.59 Å². The number of hydrogen-bond donors (Lipinski definition) is 3. The monoisotopic (exact) mass is 216 g/mol. The molecule has 0 spiro atoms. The quantitative estimate of drug-likeness (QED) is 0.688. The molecular weight excluding hydrogens is 208 g/mol. The van der Waals surface area contributed by atoms with Crippen molar-refractivity contribution in [1.29, 1.82) is 5.26 Å². The molecule has 6 heteroatoms. The molecule has 1 aromatic heterocycles. The highest BCUT2D eigenvalue weighted by Gasteiger charge is 2.03. The zero-order valence-corrected chi connectivity index (χ0v) is 8.20. The van der Waals surface area contributed by atoms with Gasteiger partial charge in [0.15, 0.2) is 0 Å². The maximum Gasteiger partial charge on any atom is 0.323 e. The number of aromatic nitrogens is 2. The lowest BCUT2D eigenvalue weighted by atomic mass is 10.2. The number of carbonyl (C=O) groups excluding carboxylic acids is 1. The van der Waals surface area contributed by atoms with Crippen molar-refractivity contribution in [1.82, 2.24) is 9.97 Å². The molecule has 16 heavy (non-hydrogen) atoms. The van der Waals surface area contributed by atoms with Crippen LogP contribution in [0.15, 0.2) is 23.0 Å². The molecule has 0 aliphatic rings. The molecule has 1 heterocycles. The van der Waals surface area contributed by atoms with E-state index in [2.05, 4.69) is 15.3 Å². The predicted molar refractivity (Wildman–Crippen MR) is 57.8 cm³/mol. The molecule has 0 bridgehead atoms. The molecule has 1 amide bonds. The van der Waals surface area contributed by atoms with Crippen LogP contribution in [0.1, 0.15) is 6.42 Å². The van der Waals surface area contributed by atoms with Crippen LogP contribution < -0.4 is 11.0 Å². The van der Waals surface area contributed by atoms with E-state index in [0.29, 0.717) is 16.7 Å². The zero-order chi connectivity index (χ0) is 11.5. The molecule has 0 unspecified atom stereocenters. The highest BCUT2D eigenvalue weighted by Crippen LogP contribution is 2.14. The first-order valence-corrected chi connectivity index (χ1v) is 4.58. The summed E-state index contributed by atoms with van der Waals surface area (Å²) in [6.45, 7) is 0. The van der Waals surface area contributed by atoms with Gasteiger partial charge in [0.2, 0.25) is 5.91 Å². The van der Waals surface area contributed by atoms with E-state index < -0.39 is 0 Å². The molecular formula is C10H8N4O2. The average Bonchev–Trinajstić information content (AvgIpc) is 2.57. The van der Waals surface area contributed by atoms with Crippen molar-refractivity contribution in [2.24, 2.45) is 0 Å². The number of carbonyl (C=O) groups is 1. The summed E-state index contributed by atoms with van der Waals surface area (Å²) >= 11 is 0. The van der Waals surface area contributed by atoms with Crippen LogP contribution >= 0.6 is 0 Å². The summed E-state index contributed by atoms with van der Waals surface area (Å²) in [6, 6.07) is 6.71. The summed E-state index contributed by atoms with van der Waals surface area (Å²) in [7, 11) is 0. The Morgan fingerprint density at radius 3 is 2.88 bits per heavy atom. The smallest absolute Gasteiger partial charge is 0.323 e. The third kappa shape index (κ3) is 1.93. The van der Waals surface area contributed by atoms with E-state index in [1.54, 1.807) is 24.3 Å². The number of fused-ring (bicyclic) bond motifs is 1. The van der Waals surface area contributed by atoms with Gasteiger partial charge in [-0.05, 0) is 18.2 Å². The number of aromatic amines is 2. The number of amides is 1. The molecule has 0 fully saturated rings. The highest BCUT2D eigenvalue weighted by molar-refractivity contribution is 5.93. The Hall–Kier alpha value is -2.55. The minimum Gasteiger partial charge on any atom is -0.325 e. The van der Waals surface area contributed by atoms with Crippen LogP contribution in [-0.4, -0.2) is 15.9 Å². The Morgan fingerprint density at radius 1 is 1.38 bits per heavy atom. The van der Waals surface area contributed by atoms with E-state index in [0.717, 1.165) is 0 Å². The summed E-state index contributed by atoms with van der Waals surface area (Å²) in [4.78, 5) is 27.3. The first-order chi connectivity index (χ1) is 7.69. The number of hydrogen-bond acceptors (Lipinski definition) is 3. The van der Waals surface area contributed by atoms with Crippen molar-refractivity contribution in [2.75, 3.05) is 5.32 Å². The minimum absolute atomic E-state index is 0.193. The van der Waals surface area contributed by atoms with Crippen molar-refractivity contribution in [3.05, 3.63) is 28.7 Å². The SMILES string of the molecule is N#CCC(=O)Nc1ccc2[nH]c(=O)[nH]c2c1. The zero-order valence-electron chi connectivity index (χ0n) is 8.20. The fraction of sp³-hybridized carbons (Fsp3) is 0.100. The molecule has 2 rings (SSSR count). The Kier molecular flexibility index (Phi) is 2.44. The molecule has 0 radical (unpaired) electrons. The molecule has 3 N–H and O–H groups in total. The van der Waals surface area contributed by atoms with E-state index in [-0.39, 0.29) is 18.0 Å². The summed E-state index contributed by atoms with van der Waals surface area (Å²) in [6.07, 6.45) is -0.193. The molecule has 0 atom stereocenters. The number of nitrogens with zero attached hydrogens (tertiary/aromatic N) is 1. The van der Waals surface area contributed by atoms with Gasteiger partial charge in [0, 0.05) is 5.69 Å². The number of rotatable bonds is 2. The van der Waals surface area contributed by atoms with Crippen LogP contribution in [-0.2, 0) is 4.79 Å². The summed E-state index contributed by atoms with van der Waals surface area (Å²) in [5.41, 5.74) is 1.53. The van der Waals surface area contributed by atoms with E-state index in [1.807, 2.05) is 0 Å². The summed E-state index contributed by atoms with van der Waals surface area (Å²) < 4.78 is 0. The van der Waals surface area contributed by atoms with Crippen molar-refractivity contribution in [2.45, 2.75) is 6.42 Å². The van der Waals surface area contributed by atoms with Gasteiger partial charge in [0.25, 0.3) is 0 Å². The number of nitrogens with one attached hydrogen (secondary N) is 3. The molecule has 0 saturated heterocycles. The average molecular weight is 216 g/mol. The maximum atomic E-state index is 11.1. The van der Waals surface area contributed by atoms with Crippen LogP contribution in [0.2, 0.25) is 0 Å².